The molecule has 0 fully saturated rings. The Balaban J connectivity index is 1.28. The van der Waals surface area contributed by atoms with Crippen LogP contribution in [0.4, 0.5) is 5.69 Å². The number of pyridine rings is 2. The van der Waals surface area contributed by atoms with Crippen molar-refractivity contribution in [1.29, 1.82) is 0 Å². The van der Waals surface area contributed by atoms with Gasteiger partial charge in [-0.15, -0.1) is 0 Å². The highest BCUT2D eigenvalue weighted by Gasteiger charge is 2.43. The molecule has 0 spiro atoms. The fourth-order valence-corrected chi connectivity index (χ4v) is 14.3. The molecule has 7 rings (SSSR count). The fourth-order valence-electron chi connectivity index (χ4n) is 11.4. The topological polar surface area (TPSA) is 509 Å². The maximum Gasteiger partial charge on any atom is 0.303 e. The third kappa shape index (κ3) is 20.3. The van der Waals surface area contributed by atoms with Gasteiger partial charge in [0, 0.05) is 72.1 Å². The van der Waals surface area contributed by atoms with Gasteiger partial charge in [-0.2, -0.15) is 50.5 Å². The lowest BCUT2D eigenvalue weighted by atomic mass is 9.74. The van der Waals surface area contributed by atoms with E-state index in [1.165, 1.54) is 66.7 Å². The molecule has 100 heavy (non-hydrogen) atoms. The van der Waals surface area contributed by atoms with E-state index < -0.39 is 183 Å². The summed E-state index contributed by atoms with van der Waals surface area (Å²) in [6.45, 7) is 11.2. The van der Waals surface area contributed by atoms with E-state index in [0.29, 0.717) is 63.7 Å². The summed E-state index contributed by atoms with van der Waals surface area (Å²) in [5.74, 6) is -8.66. The minimum absolute atomic E-state index is 0.0284. The number of aryl methyl sites for hydroxylation is 1. The standard InChI is InChI=1S/C63H71N7O24S6/c1-37-29-52(99(89,90)91)45-30-39(41-32-47(58(73)64-20-25-95(77,78)79)68-48(33-41)59(74)65-21-26-96(80,81)82)16-18-43(45)56(37)62(3,4)38(2)13-9-7-10-14-54-63(5,6)57-44-19-17-40(31-46(44)53(100(92,93)94)36-51(57)70(54)24-12-8-11-15-55(71)72)42-34-49(60(75)66-22-27-97(83,84)85)69-50(35-42)61(76)67-23-28-98(86,87)88/h7,9-10,13-14,16-19,29-36H,2,8,11-12,15,20-28H2,1,3-6H3,(H,64,73)(H,65,74)(H,66,75)(H,67,76)(H,71,72)(H,77,78,79)(H,80,81,82)(H,83,84,85)(H,86,87,88)(H,89,90,91)(H,92,93,94)/b10-7+,13-9+,54-14+. The number of hydrogen-bond acceptors (Lipinski definition) is 20. The SMILES string of the molecule is C=C(/C=C/C=C/C=C1/N(CCCCCC(=O)O)c2cc(S(=O)(=O)O)c3cc(-c4cc(C(=O)NCCS(=O)(=O)O)nc(C(=O)NCCS(=O)(=O)O)c4)ccc3c2C1(C)C)C(C)(C)c1c(C)cc(S(=O)(=O)O)c2cc(-c3cc(C(=O)NCCS(=O)(=O)O)nc(C(=O)NCCS(=O)(=O)O)c3)ccc12. The van der Waals surface area contributed by atoms with E-state index in [4.69, 9.17) is 0 Å². The summed E-state index contributed by atoms with van der Waals surface area (Å²) in [6, 6.07) is 16.1. The van der Waals surface area contributed by atoms with Gasteiger partial charge in [-0.25, -0.2) is 9.97 Å². The van der Waals surface area contributed by atoms with E-state index in [-0.39, 0.29) is 46.0 Å². The number of unbranched alkanes of at least 4 members (excludes halogenated alkanes) is 2. The molecule has 2 aromatic heterocycles. The van der Waals surface area contributed by atoms with Crippen molar-refractivity contribution >= 4 is 118 Å². The number of aliphatic carboxylic acids is 1. The largest absolute Gasteiger partial charge is 0.481 e. The van der Waals surface area contributed by atoms with Crippen LogP contribution in [0.1, 0.15) is 112 Å². The van der Waals surface area contributed by atoms with Crippen LogP contribution in [0.25, 0.3) is 43.8 Å². The highest BCUT2D eigenvalue weighted by molar-refractivity contribution is 7.87. The van der Waals surface area contributed by atoms with Crippen molar-refractivity contribution < 1.29 is 107 Å². The number of carbonyl (C=O) groups excluding carboxylic acids is 4. The van der Waals surface area contributed by atoms with Gasteiger partial charge in [-0.3, -0.25) is 51.3 Å². The first-order valence-corrected chi connectivity index (χ1v) is 39.3. The predicted molar refractivity (Wildman–Crippen MR) is 369 cm³/mol. The number of carbonyl (C=O) groups is 5. The van der Waals surface area contributed by atoms with Crippen molar-refractivity contribution in [3.63, 3.8) is 0 Å². The summed E-state index contributed by atoms with van der Waals surface area (Å²) >= 11 is 0. The number of rotatable bonds is 31. The molecule has 0 unspecified atom stereocenters. The molecule has 0 saturated heterocycles. The quantitative estimate of drug-likeness (QED) is 0.0142. The van der Waals surface area contributed by atoms with Crippen LogP contribution in [0.3, 0.4) is 0 Å². The van der Waals surface area contributed by atoms with Crippen molar-refractivity contribution in [3.05, 3.63) is 160 Å². The second-order valence-corrected chi connectivity index (χ2v) is 33.2. The lowest BCUT2D eigenvalue weighted by molar-refractivity contribution is -0.137. The Morgan fingerprint density at radius 2 is 0.920 bits per heavy atom. The first-order chi connectivity index (χ1) is 46.2. The van der Waals surface area contributed by atoms with Gasteiger partial charge in [0.25, 0.3) is 84.3 Å². The molecule has 0 radical (unpaired) electrons. The molecule has 1 aliphatic rings. The summed E-state index contributed by atoms with van der Waals surface area (Å²) in [5, 5.41) is 19.0. The number of allylic oxidation sites excluding steroid dienone is 7. The molecular weight excluding hydrogens is 1430 g/mol. The number of fused-ring (bicyclic) bond motifs is 4. The molecular formula is C63H71N7O24S6. The second-order valence-electron chi connectivity index (χ2n) is 24.2. The molecule has 538 valence electrons. The highest BCUT2D eigenvalue weighted by atomic mass is 32.2. The van der Waals surface area contributed by atoms with Crippen LogP contribution in [-0.4, -0.2) is 178 Å². The second kappa shape index (κ2) is 30.6. The van der Waals surface area contributed by atoms with Crippen molar-refractivity contribution in [1.82, 2.24) is 31.2 Å². The van der Waals surface area contributed by atoms with E-state index >= 15 is 0 Å². The number of nitrogens with zero attached hydrogens (tertiary/aromatic N) is 3. The van der Waals surface area contributed by atoms with Crippen molar-refractivity contribution in [2.75, 3.05) is 60.6 Å². The average molecular weight is 1500 g/mol. The van der Waals surface area contributed by atoms with Gasteiger partial charge in [-0.05, 0) is 130 Å². The molecule has 4 amide bonds. The Kier molecular flexibility index (Phi) is 24.1. The molecule has 0 atom stereocenters. The molecule has 0 bridgehead atoms. The normalized spacial score (nSPS) is 14.2. The van der Waals surface area contributed by atoms with Gasteiger partial charge in [0.05, 0.1) is 23.0 Å². The first-order valence-electron chi connectivity index (χ1n) is 30.0. The Labute approximate surface area is 576 Å². The summed E-state index contributed by atoms with van der Waals surface area (Å²) in [6.07, 6.45) is 9.55. The number of amides is 4. The minimum atomic E-state index is -5.10. The third-order valence-corrected chi connectivity index (χ3v) is 20.7. The van der Waals surface area contributed by atoms with E-state index in [1.54, 1.807) is 57.2 Å². The number of anilines is 1. The number of nitrogens with one attached hydrogen (secondary N) is 4. The van der Waals surface area contributed by atoms with E-state index in [9.17, 15) is 107 Å². The Bertz CT molecular complexity index is 5030. The van der Waals surface area contributed by atoms with Crippen LogP contribution in [-0.2, 0) is 76.3 Å². The molecule has 0 saturated carbocycles. The van der Waals surface area contributed by atoms with Gasteiger partial charge >= 0.3 is 5.97 Å². The van der Waals surface area contributed by atoms with Crippen molar-refractivity contribution in [3.8, 4) is 22.3 Å². The summed E-state index contributed by atoms with van der Waals surface area (Å²) in [7, 11) is -28.2. The number of aromatic nitrogens is 2. The van der Waals surface area contributed by atoms with Crippen LogP contribution >= 0.6 is 0 Å². The molecule has 31 nitrogen and oxygen atoms in total. The Morgan fingerprint density at radius 1 is 0.520 bits per heavy atom. The van der Waals surface area contributed by atoms with Crippen molar-refractivity contribution in [2.45, 2.75) is 80.9 Å². The van der Waals surface area contributed by atoms with Gasteiger partial charge in [-0.1, -0.05) is 89.3 Å². The molecule has 37 heteroatoms. The van der Waals surface area contributed by atoms with E-state index in [1.807, 2.05) is 18.7 Å². The summed E-state index contributed by atoms with van der Waals surface area (Å²) < 4.78 is 203. The van der Waals surface area contributed by atoms with Gasteiger partial charge in [0.2, 0.25) is 0 Å². The lowest BCUT2D eigenvalue weighted by Crippen LogP contribution is -2.32. The smallest absolute Gasteiger partial charge is 0.303 e. The average Bonchev–Trinajstić information content (AvgIpc) is 1.52. The monoisotopic (exact) mass is 1500 g/mol. The maximum atomic E-state index is 13.6. The lowest BCUT2D eigenvalue weighted by Gasteiger charge is -2.30. The van der Waals surface area contributed by atoms with Crippen molar-refractivity contribution in [2.24, 2.45) is 0 Å². The fraction of sp³-hybridized carbons (Fsp3) is 0.317. The Morgan fingerprint density at radius 3 is 1.32 bits per heavy atom. The zero-order valence-corrected chi connectivity index (χ0v) is 59.0. The minimum Gasteiger partial charge on any atom is -0.481 e. The van der Waals surface area contributed by atoms with Crippen LogP contribution < -0.4 is 26.2 Å². The zero-order valence-electron chi connectivity index (χ0n) is 54.1. The van der Waals surface area contributed by atoms with Gasteiger partial charge in [0.15, 0.2) is 0 Å². The first kappa shape index (κ1) is 78.6. The summed E-state index contributed by atoms with van der Waals surface area (Å²) in [5.41, 5.74) is -0.602. The number of carboxylic acid groups (broad SMARTS) is 1. The third-order valence-electron chi connectivity index (χ3n) is 16.1. The van der Waals surface area contributed by atoms with Crippen LogP contribution in [0.15, 0.2) is 131 Å². The Hall–Kier alpha value is -8.73. The molecule has 3 heterocycles. The molecule has 1 aliphatic heterocycles. The van der Waals surface area contributed by atoms with E-state index in [0.717, 1.165) is 0 Å². The maximum absolute atomic E-state index is 13.6. The number of hydrogen-bond donors (Lipinski definition) is 11. The molecule has 0 aliphatic carbocycles. The van der Waals surface area contributed by atoms with Gasteiger partial charge < -0.3 is 31.3 Å². The number of carboxylic acids is 1. The van der Waals surface area contributed by atoms with Gasteiger partial charge in [0.1, 0.15) is 32.6 Å². The van der Waals surface area contributed by atoms with Crippen LogP contribution in [0.5, 0.6) is 0 Å². The summed E-state index contributed by atoms with van der Waals surface area (Å²) in [4.78, 5) is 73.7. The zero-order chi connectivity index (χ0) is 74.5. The molecule has 4 aromatic carbocycles. The molecule has 6 aromatic rings. The number of benzene rings is 4. The predicted octanol–water partition coefficient (Wildman–Crippen LogP) is 5.66. The van der Waals surface area contributed by atoms with E-state index in [2.05, 4.69) is 37.8 Å². The molecule has 11 N–H and O–H groups in total. The van der Waals surface area contributed by atoms with Crippen LogP contribution in [0, 0.1) is 6.92 Å². The van der Waals surface area contributed by atoms with Crippen LogP contribution in [0.2, 0.25) is 0 Å². The highest BCUT2D eigenvalue weighted by Crippen LogP contribution is 2.53.